The number of hydrogen-bond donors (Lipinski definition) is 1. The number of anilines is 1. The van der Waals surface area contributed by atoms with Crippen molar-refractivity contribution in [2.24, 2.45) is 0 Å². The van der Waals surface area contributed by atoms with E-state index < -0.39 is 5.82 Å². The van der Waals surface area contributed by atoms with Crippen LogP contribution in [0.3, 0.4) is 0 Å². The van der Waals surface area contributed by atoms with Gasteiger partial charge in [0.25, 0.3) is 0 Å². The van der Waals surface area contributed by atoms with Crippen molar-refractivity contribution in [3.63, 3.8) is 0 Å². The molecule has 1 N–H and O–H groups in total. The molecule has 1 fully saturated rings. The van der Waals surface area contributed by atoms with Crippen LogP contribution in [0.4, 0.5) is 10.1 Å². The van der Waals surface area contributed by atoms with E-state index >= 15 is 0 Å². The summed E-state index contributed by atoms with van der Waals surface area (Å²) in [6.07, 6.45) is 1.61. The van der Waals surface area contributed by atoms with Crippen molar-refractivity contribution in [3.8, 4) is 6.07 Å². The van der Waals surface area contributed by atoms with Crippen molar-refractivity contribution in [2.45, 2.75) is 25.8 Å². The number of carbonyl (C=O) groups excluding carboxylic acids is 1. The summed E-state index contributed by atoms with van der Waals surface area (Å²) in [5.41, 5.74) is 0.740. The van der Waals surface area contributed by atoms with Crippen LogP contribution in [0.1, 0.15) is 25.3 Å². The molecule has 1 saturated heterocycles. The molecule has 0 spiro atoms. The SMILES string of the molecule is CC(=O)NC1CCN(c2cccc(F)c2C#N)CC1. The van der Waals surface area contributed by atoms with E-state index in [1.54, 1.807) is 12.1 Å². The highest BCUT2D eigenvalue weighted by atomic mass is 19.1. The first kappa shape index (κ1) is 13.3. The Balaban J connectivity index is 2.08. The lowest BCUT2D eigenvalue weighted by molar-refractivity contribution is -0.119. The molecular weight excluding hydrogens is 245 g/mol. The van der Waals surface area contributed by atoms with Gasteiger partial charge in [0, 0.05) is 26.1 Å². The van der Waals surface area contributed by atoms with Gasteiger partial charge in [-0.3, -0.25) is 4.79 Å². The molecule has 1 aromatic carbocycles. The second kappa shape index (κ2) is 5.70. The average Bonchev–Trinajstić information content (AvgIpc) is 2.38. The zero-order chi connectivity index (χ0) is 13.8. The number of hydrogen-bond acceptors (Lipinski definition) is 3. The van der Waals surface area contributed by atoms with Crippen LogP contribution in [-0.4, -0.2) is 25.0 Å². The van der Waals surface area contributed by atoms with Crippen LogP contribution < -0.4 is 10.2 Å². The summed E-state index contributed by atoms with van der Waals surface area (Å²) in [4.78, 5) is 13.0. The molecule has 0 radical (unpaired) electrons. The lowest BCUT2D eigenvalue weighted by Crippen LogP contribution is -2.44. The van der Waals surface area contributed by atoms with E-state index in [1.807, 2.05) is 11.0 Å². The number of piperidine rings is 1. The molecule has 4 nitrogen and oxygen atoms in total. The first-order valence-corrected chi connectivity index (χ1v) is 6.32. The molecule has 100 valence electrons. The summed E-state index contributed by atoms with van der Waals surface area (Å²) in [6, 6.07) is 6.77. The van der Waals surface area contributed by atoms with Crippen molar-refractivity contribution in [1.29, 1.82) is 5.26 Å². The summed E-state index contributed by atoms with van der Waals surface area (Å²) in [5.74, 6) is -0.508. The second-order valence-electron chi connectivity index (χ2n) is 4.71. The minimum Gasteiger partial charge on any atom is -0.370 e. The Labute approximate surface area is 111 Å². The maximum Gasteiger partial charge on any atom is 0.217 e. The van der Waals surface area contributed by atoms with Crippen LogP contribution in [0.5, 0.6) is 0 Å². The highest BCUT2D eigenvalue weighted by molar-refractivity contribution is 5.73. The number of nitrogens with zero attached hydrogens (tertiary/aromatic N) is 2. The number of carbonyl (C=O) groups is 1. The molecule has 1 aliphatic rings. The van der Waals surface area contributed by atoms with Crippen LogP contribution in [0.25, 0.3) is 0 Å². The molecule has 1 amide bonds. The molecule has 0 saturated carbocycles. The normalized spacial score (nSPS) is 15.9. The van der Waals surface area contributed by atoms with Crippen LogP contribution >= 0.6 is 0 Å². The maximum atomic E-state index is 13.5. The molecule has 19 heavy (non-hydrogen) atoms. The van der Waals surface area contributed by atoms with Crippen LogP contribution in [0, 0.1) is 17.1 Å². The summed E-state index contributed by atoms with van der Waals surface area (Å²) < 4.78 is 13.5. The third-order valence-corrected chi connectivity index (χ3v) is 3.35. The summed E-state index contributed by atoms with van der Waals surface area (Å²) in [6.45, 7) is 2.93. The highest BCUT2D eigenvalue weighted by Crippen LogP contribution is 2.25. The molecule has 2 rings (SSSR count). The van der Waals surface area contributed by atoms with Gasteiger partial charge < -0.3 is 10.2 Å². The number of nitrogens with one attached hydrogen (secondary N) is 1. The molecule has 1 aromatic rings. The molecule has 0 aromatic heterocycles. The van der Waals surface area contributed by atoms with Gasteiger partial charge >= 0.3 is 0 Å². The number of benzene rings is 1. The summed E-state index contributed by atoms with van der Waals surface area (Å²) in [5, 5.41) is 11.9. The predicted octanol–water partition coefficient (Wildman–Crippen LogP) is 1.80. The third kappa shape index (κ3) is 3.02. The summed E-state index contributed by atoms with van der Waals surface area (Å²) in [7, 11) is 0. The van der Waals surface area contributed by atoms with Gasteiger partial charge in [0.15, 0.2) is 0 Å². The standard InChI is InChI=1S/C14H16FN3O/c1-10(19)17-11-5-7-18(8-6-11)14-4-2-3-13(15)12(14)9-16/h2-4,11H,5-8H2,1H3,(H,17,19). The van der Waals surface area contributed by atoms with Crippen LogP contribution in [0.2, 0.25) is 0 Å². The number of halogens is 1. The minimum absolute atomic E-state index is 0.0260. The van der Waals surface area contributed by atoms with Crippen molar-refractivity contribution in [2.75, 3.05) is 18.0 Å². The predicted molar refractivity (Wildman–Crippen MR) is 70.2 cm³/mol. The second-order valence-corrected chi connectivity index (χ2v) is 4.71. The summed E-state index contributed by atoms with van der Waals surface area (Å²) >= 11 is 0. The van der Waals surface area contributed by atoms with E-state index in [2.05, 4.69) is 5.32 Å². The maximum absolute atomic E-state index is 13.5. The van der Waals surface area contributed by atoms with E-state index in [1.165, 1.54) is 13.0 Å². The minimum atomic E-state index is -0.482. The van der Waals surface area contributed by atoms with Gasteiger partial charge in [0.2, 0.25) is 5.91 Å². The molecule has 1 heterocycles. The van der Waals surface area contributed by atoms with Crippen molar-refractivity contribution >= 4 is 11.6 Å². The highest BCUT2D eigenvalue weighted by Gasteiger charge is 2.22. The van der Waals surface area contributed by atoms with Crippen LogP contribution in [-0.2, 0) is 4.79 Å². The zero-order valence-corrected chi connectivity index (χ0v) is 10.8. The number of amides is 1. The van der Waals surface area contributed by atoms with Gasteiger partial charge in [-0.15, -0.1) is 0 Å². The zero-order valence-electron chi connectivity index (χ0n) is 10.8. The van der Waals surface area contributed by atoms with Crippen LogP contribution in [0.15, 0.2) is 18.2 Å². The first-order valence-electron chi connectivity index (χ1n) is 6.32. The van der Waals surface area contributed by atoms with Gasteiger partial charge in [0.05, 0.1) is 5.69 Å². The smallest absolute Gasteiger partial charge is 0.217 e. The van der Waals surface area contributed by atoms with Gasteiger partial charge in [-0.05, 0) is 25.0 Å². The van der Waals surface area contributed by atoms with E-state index in [0.717, 1.165) is 12.8 Å². The van der Waals surface area contributed by atoms with E-state index in [4.69, 9.17) is 5.26 Å². The average molecular weight is 261 g/mol. The Morgan fingerprint density at radius 2 is 2.16 bits per heavy atom. The molecule has 5 heteroatoms. The molecule has 0 bridgehead atoms. The Bertz CT molecular complexity index is 516. The first-order chi connectivity index (χ1) is 9.11. The van der Waals surface area contributed by atoms with E-state index in [9.17, 15) is 9.18 Å². The Morgan fingerprint density at radius 1 is 1.47 bits per heavy atom. The van der Waals surface area contributed by atoms with Gasteiger partial charge in [0.1, 0.15) is 17.4 Å². The number of rotatable bonds is 2. The van der Waals surface area contributed by atoms with Gasteiger partial charge in [-0.2, -0.15) is 5.26 Å². The molecule has 0 atom stereocenters. The monoisotopic (exact) mass is 261 g/mol. The van der Waals surface area contributed by atoms with Crippen molar-refractivity contribution in [1.82, 2.24) is 5.32 Å². The van der Waals surface area contributed by atoms with Crippen molar-refractivity contribution in [3.05, 3.63) is 29.6 Å². The fourth-order valence-corrected chi connectivity index (χ4v) is 2.44. The van der Waals surface area contributed by atoms with Gasteiger partial charge in [-0.25, -0.2) is 4.39 Å². The van der Waals surface area contributed by atoms with E-state index in [-0.39, 0.29) is 17.5 Å². The number of nitriles is 1. The fraction of sp³-hybridized carbons (Fsp3) is 0.429. The largest absolute Gasteiger partial charge is 0.370 e. The lowest BCUT2D eigenvalue weighted by Gasteiger charge is -2.34. The molecule has 0 unspecified atom stereocenters. The third-order valence-electron chi connectivity index (χ3n) is 3.35. The lowest BCUT2D eigenvalue weighted by atomic mass is 10.0. The Hall–Kier alpha value is -2.09. The fourth-order valence-electron chi connectivity index (χ4n) is 2.44. The van der Waals surface area contributed by atoms with Gasteiger partial charge in [-0.1, -0.05) is 6.07 Å². The Morgan fingerprint density at radius 3 is 2.74 bits per heavy atom. The molecular formula is C14H16FN3O. The van der Waals surface area contributed by atoms with Crippen molar-refractivity contribution < 1.29 is 9.18 Å². The quantitative estimate of drug-likeness (QED) is 0.883. The molecule has 0 aliphatic carbocycles. The van der Waals surface area contributed by atoms with E-state index in [0.29, 0.717) is 18.8 Å². The topological polar surface area (TPSA) is 56.1 Å². The Kier molecular flexibility index (Phi) is 4.00. The molecule has 1 aliphatic heterocycles.